The molecular formula is C20H27N3O3S. The summed E-state index contributed by atoms with van der Waals surface area (Å²) in [5.41, 5.74) is 1.66. The predicted molar refractivity (Wildman–Crippen MR) is 111 cm³/mol. The molecule has 0 unspecified atom stereocenters. The van der Waals surface area contributed by atoms with Crippen LogP contribution in [0.4, 0.5) is 5.69 Å². The summed E-state index contributed by atoms with van der Waals surface area (Å²) in [4.78, 5) is 13.7. The average molecular weight is 390 g/mol. The summed E-state index contributed by atoms with van der Waals surface area (Å²) >= 11 is 1.09. The van der Waals surface area contributed by atoms with Gasteiger partial charge < -0.3 is 14.7 Å². The van der Waals surface area contributed by atoms with Gasteiger partial charge in [0.25, 0.3) is 0 Å². The Bertz CT molecular complexity index is 705. The molecule has 0 radical (unpaired) electrons. The van der Waals surface area contributed by atoms with Crippen LogP contribution in [0.25, 0.3) is 0 Å². The minimum Gasteiger partial charge on any atom is -0.454 e. The molecule has 2 rings (SSSR count). The molecule has 0 saturated heterocycles. The number of hydrogen-bond donors (Lipinski definition) is 2. The molecule has 0 aromatic heterocycles. The van der Waals surface area contributed by atoms with Gasteiger partial charge in [-0.1, -0.05) is 36.7 Å². The lowest BCUT2D eigenvalue weighted by Crippen LogP contribution is -2.27. The van der Waals surface area contributed by atoms with Crippen LogP contribution in [-0.4, -0.2) is 24.8 Å². The van der Waals surface area contributed by atoms with Gasteiger partial charge in [-0.25, -0.2) is 0 Å². The van der Waals surface area contributed by atoms with E-state index < -0.39 is 0 Å². The molecule has 2 aromatic carbocycles. The minimum atomic E-state index is 0.0772. The fourth-order valence-corrected chi connectivity index (χ4v) is 3.28. The van der Waals surface area contributed by atoms with Crippen LogP contribution >= 0.6 is 11.9 Å². The van der Waals surface area contributed by atoms with Crippen molar-refractivity contribution in [1.82, 2.24) is 0 Å². The van der Waals surface area contributed by atoms with Crippen LogP contribution in [-0.2, 0) is 6.54 Å². The fourth-order valence-electron chi connectivity index (χ4n) is 2.80. The third-order valence-electron chi connectivity index (χ3n) is 4.14. The van der Waals surface area contributed by atoms with Crippen LogP contribution < -0.4 is 14.8 Å². The summed E-state index contributed by atoms with van der Waals surface area (Å²) < 4.78 is 6.19. The summed E-state index contributed by atoms with van der Waals surface area (Å²) in [5.74, 6) is 1.38. The van der Waals surface area contributed by atoms with Crippen LogP contribution in [0, 0.1) is 4.91 Å². The molecule has 0 atom stereocenters. The van der Waals surface area contributed by atoms with Crippen molar-refractivity contribution in [1.29, 1.82) is 0 Å². The molecule has 6 nitrogen and oxygen atoms in total. The van der Waals surface area contributed by atoms with Gasteiger partial charge in [0.1, 0.15) is 12.3 Å². The Morgan fingerprint density at radius 3 is 2.56 bits per heavy atom. The lowest BCUT2D eigenvalue weighted by molar-refractivity contribution is 0.289. The highest BCUT2D eigenvalue weighted by Crippen LogP contribution is 2.41. The van der Waals surface area contributed by atoms with Gasteiger partial charge in [-0.3, -0.25) is 5.14 Å². The number of rotatable bonds is 12. The summed E-state index contributed by atoms with van der Waals surface area (Å²) in [5, 5.41) is 18.2. The molecule has 7 heteroatoms. The maximum Gasteiger partial charge on any atom is 0.165 e. The van der Waals surface area contributed by atoms with Gasteiger partial charge >= 0.3 is 0 Å². The first kappa shape index (κ1) is 21.2. The Balaban J connectivity index is 2.50. The zero-order chi connectivity index (χ0) is 19.5. The Labute approximate surface area is 164 Å². The molecule has 2 aromatic rings. The second-order valence-corrected chi connectivity index (χ2v) is 6.86. The largest absolute Gasteiger partial charge is 0.454 e. The number of para-hydroxylation sites is 1. The Hall–Kier alpha value is -2.09. The van der Waals surface area contributed by atoms with Gasteiger partial charge in [-0.15, -0.1) is 0 Å². The third-order valence-corrected chi connectivity index (χ3v) is 4.70. The molecule has 3 N–H and O–H groups in total. The van der Waals surface area contributed by atoms with Gasteiger partial charge in [0, 0.05) is 19.7 Å². The lowest BCUT2D eigenvalue weighted by Gasteiger charge is -2.28. The molecule has 0 saturated carbocycles. The molecule has 0 amide bonds. The number of nitroso groups, excluding NO2 is 1. The highest BCUT2D eigenvalue weighted by molar-refractivity contribution is 7.97. The number of anilines is 1. The van der Waals surface area contributed by atoms with E-state index in [9.17, 15) is 10.0 Å². The lowest BCUT2D eigenvalue weighted by atomic mass is 10.1. The number of aliphatic hydroxyl groups is 1. The molecule has 0 aliphatic rings. The van der Waals surface area contributed by atoms with Crippen LogP contribution in [0.1, 0.15) is 31.7 Å². The quantitative estimate of drug-likeness (QED) is 0.404. The monoisotopic (exact) mass is 389 g/mol. The number of ether oxygens (including phenoxy) is 1. The van der Waals surface area contributed by atoms with Crippen molar-refractivity contribution in [2.45, 2.75) is 37.6 Å². The second-order valence-electron chi connectivity index (χ2n) is 6.18. The van der Waals surface area contributed by atoms with E-state index in [0.717, 1.165) is 47.5 Å². The van der Waals surface area contributed by atoms with Crippen molar-refractivity contribution < 1.29 is 9.84 Å². The average Bonchev–Trinajstić information content (AvgIpc) is 2.70. The molecule has 27 heavy (non-hydrogen) atoms. The Morgan fingerprint density at radius 2 is 1.93 bits per heavy atom. The number of nitrogens with zero attached hydrogens (tertiary/aromatic N) is 2. The van der Waals surface area contributed by atoms with Gasteiger partial charge in [0.15, 0.2) is 5.75 Å². The van der Waals surface area contributed by atoms with Crippen molar-refractivity contribution >= 4 is 17.6 Å². The molecule has 0 aliphatic carbocycles. The molecule has 0 bridgehead atoms. The number of aliphatic hydroxyl groups excluding tert-OH is 1. The third kappa shape index (κ3) is 6.23. The number of hydrogen-bond acceptors (Lipinski definition) is 7. The van der Waals surface area contributed by atoms with Gasteiger partial charge in [-0.2, -0.15) is 4.91 Å². The first-order chi connectivity index (χ1) is 13.2. The van der Waals surface area contributed by atoms with Crippen LogP contribution in [0.2, 0.25) is 0 Å². The van der Waals surface area contributed by atoms with E-state index in [0.29, 0.717) is 24.5 Å². The Kier molecular flexibility index (Phi) is 9.10. The molecule has 146 valence electrons. The van der Waals surface area contributed by atoms with E-state index in [4.69, 9.17) is 9.88 Å². The van der Waals surface area contributed by atoms with Gasteiger partial charge in [0.05, 0.1) is 10.6 Å². The SMILES string of the molecule is CCCCN(CCCO)c1cc(CN=O)cc(SN)c1Oc1ccccc1. The minimum absolute atomic E-state index is 0.0772. The summed E-state index contributed by atoms with van der Waals surface area (Å²) in [6, 6.07) is 13.3. The van der Waals surface area contributed by atoms with E-state index in [1.165, 1.54) is 0 Å². The number of benzene rings is 2. The maximum absolute atomic E-state index is 10.8. The Morgan fingerprint density at radius 1 is 1.19 bits per heavy atom. The van der Waals surface area contributed by atoms with Gasteiger partial charge in [0.2, 0.25) is 0 Å². The first-order valence-electron chi connectivity index (χ1n) is 9.15. The number of nitrogens with two attached hydrogens (primary N) is 1. The smallest absolute Gasteiger partial charge is 0.165 e. The van der Waals surface area contributed by atoms with Crippen molar-refractivity contribution in [3.05, 3.63) is 52.9 Å². The summed E-state index contributed by atoms with van der Waals surface area (Å²) in [6.45, 7) is 3.85. The van der Waals surface area contributed by atoms with E-state index in [1.807, 2.05) is 42.5 Å². The summed E-state index contributed by atoms with van der Waals surface area (Å²) in [7, 11) is 0. The molecule has 0 spiro atoms. The zero-order valence-electron chi connectivity index (χ0n) is 15.6. The second kappa shape index (κ2) is 11.6. The molecular weight excluding hydrogens is 362 g/mol. The van der Waals surface area contributed by atoms with E-state index in [1.54, 1.807) is 0 Å². The van der Waals surface area contributed by atoms with Crippen molar-refractivity contribution in [3.8, 4) is 11.5 Å². The molecule has 0 aliphatic heterocycles. The first-order valence-corrected chi connectivity index (χ1v) is 10.0. The van der Waals surface area contributed by atoms with Crippen LogP contribution in [0.5, 0.6) is 11.5 Å². The van der Waals surface area contributed by atoms with Crippen LogP contribution in [0.3, 0.4) is 0 Å². The van der Waals surface area contributed by atoms with Crippen molar-refractivity contribution in [2.75, 3.05) is 24.6 Å². The normalized spacial score (nSPS) is 10.6. The van der Waals surface area contributed by atoms with Crippen molar-refractivity contribution in [2.24, 2.45) is 10.3 Å². The topological polar surface area (TPSA) is 88.2 Å². The highest BCUT2D eigenvalue weighted by Gasteiger charge is 2.19. The van der Waals surface area contributed by atoms with E-state index in [2.05, 4.69) is 17.0 Å². The molecule has 0 heterocycles. The van der Waals surface area contributed by atoms with E-state index in [-0.39, 0.29) is 13.2 Å². The fraction of sp³-hybridized carbons (Fsp3) is 0.400. The van der Waals surface area contributed by atoms with Crippen molar-refractivity contribution in [3.63, 3.8) is 0 Å². The predicted octanol–water partition coefficient (Wildman–Crippen LogP) is 4.70. The van der Waals surface area contributed by atoms with Gasteiger partial charge in [-0.05, 0) is 54.6 Å². The zero-order valence-corrected chi connectivity index (χ0v) is 16.5. The standard InChI is InChI=1S/C20H27N3O3S/c1-2-3-10-23(11-7-12-24)18-13-16(15-22-25)14-19(27-21)20(18)26-17-8-5-4-6-9-17/h4-6,8-9,13-14,24H,2-3,7,10-12,15,21H2,1H3. The van der Waals surface area contributed by atoms with E-state index >= 15 is 0 Å². The maximum atomic E-state index is 10.8. The highest BCUT2D eigenvalue weighted by atomic mass is 32.2. The summed E-state index contributed by atoms with van der Waals surface area (Å²) in [6.07, 6.45) is 2.71. The number of unbranched alkanes of at least 4 members (excludes halogenated alkanes) is 1. The molecule has 0 fully saturated rings. The van der Waals surface area contributed by atoms with Crippen LogP contribution in [0.15, 0.2) is 52.5 Å².